The van der Waals surface area contributed by atoms with Crippen LogP contribution in [0.5, 0.6) is 11.5 Å². The number of nitrogens with one attached hydrogen (secondary N) is 1. The van der Waals surface area contributed by atoms with Crippen molar-refractivity contribution in [3.8, 4) is 11.5 Å². The summed E-state index contributed by atoms with van der Waals surface area (Å²) in [4.78, 5) is 40.2. The molecular weight excluding hydrogens is 530 g/mol. The molecule has 7 atom stereocenters. The molecule has 2 aliphatic heterocycles. The largest absolute Gasteiger partial charge is 0.504 e. The highest BCUT2D eigenvalue weighted by Gasteiger charge is 2.69. The molecule has 1 aromatic carbocycles. The molecule has 1 saturated heterocycles. The van der Waals surface area contributed by atoms with Gasteiger partial charge in [-0.15, -0.1) is 0 Å². The Bertz CT molecular complexity index is 1250. The molecule has 3 aliphatic rings. The number of phenols is 1. The van der Waals surface area contributed by atoms with Crippen molar-refractivity contribution in [2.45, 2.75) is 102 Å². The van der Waals surface area contributed by atoms with Crippen LogP contribution in [0.2, 0.25) is 0 Å². The number of nitrogens with zero attached hydrogens (tertiary/aromatic N) is 1. The number of aliphatic hydroxyl groups is 1. The molecule has 0 unspecified atom stereocenters. The fourth-order valence-electron chi connectivity index (χ4n) is 6.52. The zero-order chi connectivity index (χ0) is 30.4. The Kier molecular flexibility index (Phi) is 8.46. The highest BCUT2D eigenvalue weighted by atomic mass is 16.6. The summed E-state index contributed by atoms with van der Waals surface area (Å²) in [7, 11) is 1.95. The first kappa shape index (κ1) is 30.8. The number of aryl methyl sites for hydroxylation is 1. The van der Waals surface area contributed by atoms with Crippen LogP contribution < -0.4 is 15.8 Å². The van der Waals surface area contributed by atoms with Crippen LogP contribution in [-0.2, 0) is 29.3 Å². The maximum atomic E-state index is 13.1. The van der Waals surface area contributed by atoms with Gasteiger partial charge in [0.25, 0.3) is 0 Å². The first-order chi connectivity index (χ1) is 19.1. The summed E-state index contributed by atoms with van der Waals surface area (Å²) in [5, 5.41) is 25.5. The third-order valence-electron chi connectivity index (χ3n) is 8.95. The minimum atomic E-state index is -1.29. The summed E-state index contributed by atoms with van der Waals surface area (Å²) in [6.45, 7) is 11.2. The third kappa shape index (κ3) is 5.19. The predicted octanol–water partition coefficient (Wildman–Crippen LogP) is 1.80. The van der Waals surface area contributed by atoms with Gasteiger partial charge < -0.3 is 40.4 Å². The molecule has 5 N–H and O–H groups in total. The average molecular weight is 574 g/mol. The topological polar surface area (TPSA) is 161 Å². The number of hydrogen-bond acceptors (Lipinski definition) is 10. The van der Waals surface area contributed by atoms with Crippen LogP contribution in [0.1, 0.15) is 65.0 Å². The lowest BCUT2D eigenvalue weighted by Gasteiger charge is -2.58. The molecule has 11 nitrogen and oxygen atoms in total. The lowest BCUT2D eigenvalue weighted by molar-refractivity contribution is -0.172. The molecule has 0 bridgehead atoms. The van der Waals surface area contributed by atoms with Crippen LogP contribution in [0.3, 0.4) is 0 Å². The number of amides is 1. The lowest BCUT2D eigenvalue weighted by atomic mass is 9.54. The van der Waals surface area contributed by atoms with Crippen molar-refractivity contribution >= 4 is 17.8 Å². The fraction of sp³-hybridized carbons (Fsp3) is 0.633. The quantitative estimate of drug-likeness (QED) is 0.338. The number of nitrogens with two attached hydrogens (primary N) is 1. The minimum Gasteiger partial charge on any atom is -0.504 e. The van der Waals surface area contributed by atoms with E-state index in [1.165, 1.54) is 13.8 Å². The number of fused-ring (bicyclic) bond motifs is 1. The van der Waals surface area contributed by atoms with E-state index in [1.807, 2.05) is 34.7 Å². The van der Waals surface area contributed by atoms with Crippen LogP contribution in [-0.4, -0.2) is 82.5 Å². The third-order valence-corrected chi connectivity index (χ3v) is 8.95. The molecule has 1 spiro atoms. The second-order valence-corrected chi connectivity index (χ2v) is 12.2. The van der Waals surface area contributed by atoms with Gasteiger partial charge in [-0.05, 0) is 77.8 Å². The smallest absolute Gasteiger partial charge is 0.352 e. The lowest BCUT2D eigenvalue weighted by Crippen LogP contribution is -2.71. The number of carbonyl (C=O) groups is 3. The summed E-state index contributed by atoms with van der Waals surface area (Å²) < 4.78 is 17.4. The van der Waals surface area contributed by atoms with Gasteiger partial charge in [-0.25, -0.2) is 9.59 Å². The van der Waals surface area contributed by atoms with Gasteiger partial charge in [0.1, 0.15) is 11.8 Å². The molecule has 0 aromatic heterocycles. The van der Waals surface area contributed by atoms with Gasteiger partial charge in [0.15, 0.2) is 23.7 Å². The van der Waals surface area contributed by atoms with Crippen molar-refractivity contribution in [2.75, 3.05) is 13.6 Å². The molecule has 0 radical (unpaired) electrons. The number of ether oxygens (including phenoxy) is 3. The Hall–Kier alpha value is -3.15. The van der Waals surface area contributed by atoms with Gasteiger partial charge in [-0.3, -0.25) is 4.79 Å². The molecule has 226 valence electrons. The van der Waals surface area contributed by atoms with Gasteiger partial charge in [-0.2, -0.15) is 0 Å². The average Bonchev–Trinajstić information content (AvgIpc) is 3.27. The molecule has 1 aromatic rings. The van der Waals surface area contributed by atoms with Gasteiger partial charge in [0.05, 0.1) is 17.1 Å². The molecule has 1 amide bonds. The Morgan fingerprint density at radius 2 is 1.90 bits per heavy atom. The molecule has 2 heterocycles. The normalized spacial score (nSPS) is 29.2. The number of aromatic hydroxyl groups is 1. The second kappa shape index (κ2) is 11.3. The van der Waals surface area contributed by atoms with E-state index in [-0.39, 0.29) is 35.6 Å². The summed E-state index contributed by atoms with van der Waals surface area (Å²) in [6.07, 6.45) is 0.612. The van der Waals surface area contributed by atoms with E-state index >= 15 is 0 Å². The summed E-state index contributed by atoms with van der Waals surface area (Å²) in [5.41, 5.74) is 5.21. The van der Waals surface area contributed by atoms with E-state index in [1.54, 1.807) is 18.2 Å². The van der Waals surface area contributed by atoms with E-state index in [0.717, 1.165) is 5.56 Å². The van der Waals surface area contributed by atoms with Crippen molar-refractivity contribution in [3.05, 3.63) is 35.1 Å². The maximum Gasteiger partial charge on any atom is 0.352 e. The van der Waals surface area contributed by atoms with Gasteiger partial charge >= 0.3 is 11.9 Å². The first-order valence-electron chi connectivity index (χ1n) is 14.2. The van der Waals surface area contributed by atoms with E-state index in [9.17, 15) is 24.6 Å². The van der Waals surface area contributed by atoms with E-state index in [0.29, 0.717) is 24.9 Å². The monoisotopic (exact) mass is 573 g/mol. The number of hydrogen-bond donors (Lipinski definition) is 4. The van der Waals surface area contributed by atoms with Gasteiger partial charge in [0, 0.05) is 18.0 Å². The predicted molar refractivity (Wildman–Crippen MR) is 150 cm³/mol. The van der Waals surface area contributed by atoms with Gasteiger partial charge in [0.2, 0.25) is 5.91 Å². The van der Waals surface area contributed by atoms with Crippen molar-refractivity contribution in [3.63, 3.8) is 0 Å². The SMILES string of the molecule is Cc1ccc(O)c2c1[C@]13CCN(C)[C@H](C)[C@]1(O)CC=C(OC(=O)[C@H](C)OC(=O)[C@H](C)NC(=O)[C@@H](N)CC(C)C)[C@@H]3O2. The molecule has 41 heavy (non-hydrogen) atoms. The van der Waals surface area contributed by atoms with E-state index in [4.69, 9.17) is 19.9 Å². The number of piperidine rings is 1. The summed E-state index contributed by atoms with van der Waals surface area (Å²) in [5.74, 6) is -1.50. The van der Waals surface area contributed by atoms with Gasteiger partial charge in [-0.1, -0.05) is 19.9 Å². The summed E-state index contributed by atoms with van der Waals surface area (Å²) >= 11 is 0. The highest BCUT2D eigenvalue weighted by molar-refractivity contribution is 5.88. The van der Waals surface area contributed by atoms with E-state index < -0.39 is 53.2 Å². The Morgan fingerprint density at radius 1 is 1.22 bits per heavy atom. The molecular formula is C30H43N3O8. The molecule has 11 heteroatoms. The molecule has 4 rings (SSSR count). The number of likely N-dealkylation sites (N-methyl/N-ethyl adjacent to an activating group) is 1. The standard InChI is InChI=1S/C30H43N3O8/c1-15(2)14-20(31)26(35)32-17(4)27(36)39-18(5)28(37)40-22-10-11-30(38)19(6)33(7)13-12-29(30)23-16(3)8-9-21(34)24(23)41-25(22)29/h8-10,15,17-20,25,34,38H,11-14,31H2,1-7H3,(H,32,35)/t17-,18-,19+,20-,25-,29-,30+/m0/s1. The van der Waals surface area contributed by atoms with Crippen LogP contribution >= 0.6 is 0 Å². The second-order valence-electron chi connectivity index (χ2n) is 12.2. The first-order valence-corrected chi connectivity index (χ1v) is 14.2. The highest BCUT2D eigenvalue weighted by Crippen LogP contribution is 2.62. The van der Waals surface area contributed by atoms with Crippen molar-refractivity contribution < 1.29 is 38.8 Å². The Morgan fingerprint density at radius 3 is 2.56 bits per heavy atom. The number of rotatable bonds is 8. The van der Waals surface area contributed by atoms with Crippen LogP contribution in [0, 0.1) is 12.8 Å². The van der Waals surface area contributed by atoms with E-state index in [2.05, 4.69) is 10.2 Å². The molecule has 0 saturated carbocycles. The number of phenolic OH excluding ortho intramolecular Hbond substituents is 1. The van der Waals surface area contributed by atoms with Crippen molar-refractivity contribution in [1.29, 1.82) is 0 Å². The summed E-state index contributed by atoms with van der Waals surface area (Å²) in [6, 6.07) is 1.29. The maximum absolute atomic E-state index is 13.1. The minimum absolute atomic E-state index is 0.0552. The zero-order valence-corrected chi connectivity index (χ0v) is 24.9. The van der Waals surface area contributed by atoms with Crippen LogP contribution in [0.25, 0.3) is 0 Å². The number of benzene rings is 1. The van der Waals surface area contributed by atoms with Crippen LogP contribution in [0.4, 0.5) is 0 Å². The molecule has 1 aliphatic carbocycles. The number of carbonyl (C=O) groups excluding carboxylic acids is 3. The molecule has 1 fully saturated rings. The Balaban J connectivity index is 1.52. The van der Waals surface area contributed by atoms with Crippen molar-refractivity contribution in [1.82, 2.24) is 10.2 Å². The fourth-order valence-corrected chi connectivity index (χ4v) is 6.52. The zero-order valence-electron chi connectivity index (χ0n) is 24.9. The number of likely N-dealkylation sites (tertiary alicyclic amines) is 1. The number of esters is 2. The Labute approximate surface area is 241 Å². The van der Waals surface area contributed by atoms with Crippen LogP contribution in [0.15, 0.2) is 24.0 Å². The van der Waals surface area contributed by atoms with Crippen molar-refractivity contribution in [2.24, 2.45) is 11.7 Å².